The number of hydrogen-bond acceptors (Lipinski definition) is 5. The molecule has 0 spiro atoms. The smallest absolute Gasteiger partial charge is 0.130 e. The van der Waals surface area contributed by atoms with Crippen LogP contribution >= 0.6 is 0 Å². The van der Waals surface area contributed by atoms with E-state index >= 15 is 0 Å². The monoisotopic (exact) mass is 630 g/mol. The van der Waals surface area contributed by atoms with Crippen LogP contribution < -0.4 is 14.2 Å². The van der Waals surface area contributed by atoms with Gasteiger partial charge in [-0.05, 0) is 75.3 Å². The molecule has 0 aliphatic rings. The Balaban J connectivity index is 1.17. The lowest BCUT2D eigenvalue weighted by atomic mass is 9.86. The Kier molecular flexibility index (Phi) is 10.8. The molecule has 1 heterocycles. The van der Waals surface area contributed by atoms with E-state index in [4.69, 9.17) is 24.7 Å². The van der Waals surface area contributed by atoms with Crippen LogP contribution in [0.3, 0.4) is 0 Å². The minimum atomic E-state index is 0.264. The predicted molar refractivity (Wildman–Crippen MR) is 190 cm³/mol. The molecule has 0 radical (unpaired) electrons. The summed E-state index contributed by atoms with van der Waals surface area (Å²) in [6.45, 7) is 1.18. The van der Waals surface area contributed by atoms with Crippen molar-refractivity contribution in [2.24, 2.45) is 5.11 Å². The van der Waals surface area contributed by atoms with Crippen molar-refractivity contribution in [2.45, 2.75) is 13.2 Å². The average Bonchev–Trinajstić information content (AvgIpc) is 3.15. The van der Waals surface area contributed by atoms with Crippen LogP contribution in [0, 0.1) is 0 Å². The van der Waals surface area contributed by atoms with Gasteiger partial charge < -0.3 is 14.2 Å². The van der Waals surface area contributed by atoms with E-state index in [0.29, 0.717) is 31.3 Å². The molecule has 236 valence electrons. The third kappa shape index (κ3) is 8.49. The minimum Gasteiger partial charge on any atom is -0.493 e. The molecule has 5 aromatic carbocycles. The fourth-order valence-electron chi connectivity index (χ4n) is 5.35. The number of azide groups is 1. The molecule has 6 aromatic rings. The quantitative estimate of drug-likeness (QED) is 0.0394. The highest BCUT2D eigenvalue weighted by Crippen LogP contribution is 2.37. The Bertz CT molecular complexity index is 1950. The molecule has 6 rings (SSSR count). The van der Waals surface area contributed by atoms with Gasteiger partial charge in [-0.2, -0.15) is 0 Å². The summed E-state index contributed by atoms with van der Waals surface area (Å²) in [7, 11) is 0. The van der Waals surface area contributed by atoms with Gasteiger partial charge in [0.15, 0.2) is 0 Å². The second-order valence-corrected chi connectivity index (χ2v) is 10.8. The molecule has 0 saturated carbocycles. The summed E-state index contributed by atoms with van der Waals surface area (Å²) in [5.41, 5.74) is 16.9. The minimum absolute atomic E-state index is 0.264. The number of hydrogen-bond donors (Lipinski definition) is 0. The zero-order valence-corrected chi connectivity index (χ0v) is 26.4. The summed E-state index contributed by atoms with van der Waals surface area (Å²) >= 11 is 0. The fourth-order valence-corrected chi connectivity index (χ4v) is 5.35. The lowest BCUT2D eigenvalue weighted by Crippen LogP contribution is -2.04. The molecule has 0 amide bonds. The van der Waals surface area contributed by atoms with Gasteiger partial charge in [0, 0.05) is 11.0 Å². The molecule has 0 unspecified atom stereocenters. The van der Waals surface area contributed by atoms with Crippen molar-refractivity contribution in [3.63, 3.8) is 0 Å². The van der Waals surface area contributed by atoms with E-state index in [0.717, 1.165) is 45.0 Å². The van der Waals surface area contributed by atoms with Crippen molar-refractivity contribution in [1.82, 2.24) is 4.98 Å². The molecule has 0 bridgehead atoms. The standard InChI is InChI=1S/C41H34N4O3/c42-45-43-26-27-46-38-20-11-21-39(28-38)48-30-36-19-10-18-35(44-36)29-47-37-24-22-34(23-25-37)41(33-16-8-3-9-17-33)40(31-12-4-1-5-13-31)32-14-6-2-7-15-32/h1-25,28H,26-27,29-30H2. The Morgan fingerprint density at radius 3 is 1.48 bits per heavy atom. The third-order valence-corrected chi connectivity index (χ3v) is 7.55. The SMILES string of the molecule is [N-]=[N+]=NCCOc1cccc(OCc2cccc(COc3ccc(C(=C(c4ccccc4)c4ccccc4)c4ccccc4)cc3)n2)c1. The van der Waals surface area contributed by atoms with E-state index in [-0.39, 0.29) is 6.54 Å². The van der Waals surface area contributed by atoms with Gasteiger partial charge in [0.25, 0.3) is 0 Å². The molecule has 48 heavy (non-hydrogen) atoms. The van der Waals surface area contributed by atoms with E-state index in [2.05, 4.69) is 95.0 Å². The number of pyridine rings is 1. The molecule has 7 nitrogen and oxygen atoms in total. The van der Waals surface area contributed by atoms with Crippen LogP contribution in [0.5, 0.6) is 17.2 Å². The van der Waals surface area contributed by atoms with Gasteiger partial charge in [-0.15, -0.1) is 0 Å². The topological polar surface area (TPSA) is 89.3 Å². The molecule has 0 aliphatic carbocycles. The molecule has 1 aromatic heterocycles. The van der Waals surface area contributed by atoms with Gasteiger partial charge in [-0.25, -0.2) is 0 Å². The zero-order chi connectivity index (χ0) is 32.8. The molecule has 0 N–H and O–H groups in total. The first-order valence-electron chi connectivity index (χ1n) is 15.7. The second-order valence-electron chi connectivity index (χ2n) is 10.8. The van der Waals surface area contributed by atoms with E-state index in [1.165, 1.54) is 5.57 Å². The average molecular weight is 631 g/mol. The number of rotatable bonds is 14. The van der Waals surface area contributed by atoms with Crippen LogP contribution in [0.15, 0.2) is 163 Å². The van der Waals surface area contributed by atoms with Crippen molar-refractivity contribution in [1.29, 1.82) is 0 Å². The van der Waals surface area contributed by atoms with Crippen molar-refractivity contribution in [3.05, 3.63) is 202 Å². The lowest BCUT2D eigenvalue weighted by molar-refractivity contribution is 0.287. The van der Waals surface area contributed by atoms with Gasteiger partial charge in [0.05, 0.1) is 24.5 Å². The zero-order valence-electron chi connectivity index (χ0n) is 26.4. The Hall–Kier alpha value is -6.30. The third-order valence-electron chi connectivity index (χ3n) is 7.55. The molecule has 0 aliphatic heterocycles. The van der Waals surface area contributed by atoms with E-state index in [9.17, 15) is 0 Å². The van der Waals surface area contributed by atoms with Crippen LogP contribution in [0.4, 0.5) is 0 Å². The van der Waals surface area contributed by atoms with E-state index in [1.807, 2.05) is 66.7 Å². The first-order chi connectivity index (χ1) is 23.8. The van der Waals surface area contributed by atoms with Crippen molar-refractivity contribution in [2.75, 3.05) is 13.2 Å². The maximum Gasteiger partial charge on any atom is 0.130 e. The van der Waals surface area contributed by atoms with Crippen LogP contribution in [0.1, 0.15) is 33.6 Å². The molecular formula is C41H34N4O3. The van der Waals surface area contributed by atoms with Crippen molar-refractivity contribution >= 4 is 11.1 Å². The number of ether oxygens (including phenoxy) is 3. The van der Waals surface area contributed by atoms with Crippen molar-refractivity contribution < 1.29 is 14.2 Å². The largest absolute Gasteiger partial charge is 0.493 e. The van der Waals surface area contributed by atoms with Gasteiger partial charge in [-0.1, -0.05) is 120 Å². The van der Waals surface area contributed by atoms with E-state index in [1.54, 1.807) is 6.07 Å². The Labute approximate surface area is 280 Å². The highest BCUT2D eigenvalue weighted by Gasteiger charge is 2.16. The Morgan fingerprint density at radius 1 is 0.500 bits per heavy atom. The predicted octanol–water partition coefficient (Wildman–Crippen LogP) is 9.94. The summed E-state index contributed by atoms with van der Waals surface area (Å²) in [5, 5.41) is 3.48. The number of benzene rings is 5. The van der Waals surface area contributed by atoms with Gasteiger partial charge in [0.1, 0.15) is 30.5 Å². The maximum absolute atomic E-state index is 8.41. The molecule has 7 heteroatoms. The molecule has 0 fully saturated rings. The van der Waals surface area contributed by atoms with Crippen molar-refractivity contribution in [3.8, 4) is 17.2 Å². The van der Waals surface area contributed by atoms with Crippen LogP contribution in [0.25, 0.3) is 21.6 Å². The summed E-state index contributed by atoms with van der Waals surface area (Å²) in [6, 6.07) is 53.0. The first kappa shape index (κ1) is 31.7. The Morgan fingerprint density at radius 2 is 0.958 bits per heavy atom. The summed E-state index contributed by atoms with van der Waals surface area (Å²) in [4.78, 5) is 7.47. The highest BCUT2D eigenvalue weighted by molar-refractivity contribution is 6.04. The summed E-state index contributed by atoms with van der Waals surface area (Å²) < 4.78 is 17.8. The van der Waals surface area contributed by atoms with E-state index < -0.39 is 0 Å². The first-order valence-corrected chi connectivity index (χ1v) is 15.7. The normalized spacial score (nSPS) is 10.4. The number of nitrogens with zero attached hydrogens (tertiary/aromatic N) is 4. The molecule has 0 atom stereocenters. The molecule has 0 saturated heterocycles. The van der Waals surface area contributed by atoms with Crippen LogP contribution in [-0.2, 0) is 13.2 Å². The summed E-state index contributed by atoms with van der Waals surface area (Å²) in [5.74, 6) is 2.06. The second kappa shape index (κ2) is 16.3. The fraction of sp³-hybridized carbons (Fsp3) is 0.0976. The highest BCUT2D eigenvalue weighted by atomic mass is 16.5. The molecular weight excluding hydrogens is 596 g/mol. The van der Waals surface area contributed by atoms with Crippen LogP contribution in [0.2, 0.25) is 0 Å². The van der Waals surface area contributed by atoms with Gasteiger partial charge in [-0.3, -0.25) is 4.98 Å². The van der Waals surface area contributed by atoms with Crippen LogP contribution in [-0.4, -0.2) is 18.1 Å². The maximum atomic E-state index is 8.41. The number of aromatic nitrogens is 1. The summed E-state index contributed by atoms with van der Waals surface area (Å²) in [6.07, 6.45) is 0. The lowest BCUT2D eigenvalue weighted by Gasteiger charge is -2.18. The van der Waals surface area contributed by atoms with Gasteiger partial charge in [0.2, 0.25) is 0 Å². The van der Waals surface area contributed by atoms with Gasteiger partial charge >= 0.3 is 0 Å².